The van der Waals surface area contributed by atoms with Gasteiger partial charge in [0.05, 0.1) is 0 Å². The predicted molar refractivity (Wildman–Crippen MR) is 125 cm³/mol. The SMILES string of the molecule is CCCC(=C1C=C(C)C(N)=C(C)C1(C)C1C=Cc2ccccc21)c1ccccc1. The van der Waals surface area contributed by atoms with Crippen molar-refractivity contribution in [3.8, 4) is 0 Å². The van der Waals surface area contributed by atoms with Gasteiger partial charge in [0.2, 0.25) is 0 Å². The molecule has 2 unspecified atom stereocenters. The Morgan fingerprint density at radius 2 is 1.69 bits per heavy atom. The summed E-state index contributed by atoms with van der Waals surface area (Å²) >= 11 is 0. The zero-order chi connectivity index (χ0) is 20.6. The van der Waals surface area contributed by atoms with Gasteiger partial charge in [-0.25, -0.2) is 0 Å². The van der Waals surface area contributed by atoms with E-state index in [-0.39, 0.29) is 11.3 Å². The highest BCUT2D eigenvalue weighted by Crippen LogP contribution is 2.56. The number of hydrogen-bond donors (Lipinski definition) is 1. The Hall–Kier alpha value is -2.80. The Morgan fingerprint density at radius 3 is 2.41 bits per heavy atom. The van der Waals surface area contributed by atoms with Crippen LogP contribution < -0.4 is 5.73 Å². The van der Waals surface area contributed by atoms with Crippen LogP contribution in [0.3, 0.4) is 0 Å². The molecule has 2 atom stereocenters. The molecule has 0 saturated heterocycles. The predicted octanol–water partition coefficient (Wildman–Crippen LogP) is 7.25. The normalized spacial score (nSPS) is 25.1. The lowest BCUT2D eigenvalue weighted by molar-refractivity contribution is 0.431. The van der Waals surface area contributed by atoms with Crippen LogP contribution in [0.1, 0.15) is 63.1 Å². The first-order valence-corrected chi connectivity index (χ1v) is 10.7. The Balaban J connectivity index is 2.00. The van der Waals surface area contributed by atoms with Crippen molar-refractivity contribution in [3.63, 3.8) is 0 Å². The standard InChI is InChI=1S/C28H31N/c1-5-11-23(21-12-7-6-8-13-21)26-18-19(2)27(29)20(3)28(26,4)25-17-16-22-14-9-10-15-24(22)25/h6-10,12-18,25H,5,11,29H2,1-4H3. The molecule has 0 fully saturated rings. The molecule has 148 valence electrons. The second-order valence-corrected chi connectivity index (χ2v) is 8.54. The lowest BCUT2D eigenvalue weighted by Gasteiger charge is -2.43. The molecule has 1 nitrogen and oxygen atoms in total. The highest BCUT2D eigenvalue weighted by atomic mass is 14.6. The first kappa shape index (κ1) is 19.5. The number of hydrogen-bond acceptors (Lipinski definition) is 1. The van der Waals surface area contributed by atoms with E-state index in [0.29, 0.717) is 0 Å². The van der Waals surface area contributed by atoms with Crippen LogP contribution in [0.2, 0.25) is 0 Å². The third kappa shape index (κ3) is 3.09. The molecule has 0 radical (unpaired) electrons. The zero-order valence-corrected chi connectivity index (χ0v) is 18.0. The summed E-state index contributed by atoms with van der Waals surface area (Å²) < 4.78 is 0. The van der Waals surface area contributed by atoms with Gasteiger partial charge in [-0.2, -0.15) is 0 Å². The van der Waals surface area contributed by atoms with Gasteiger partial charge < -0.3 is 5.73 Å². The monoisotopic (exact) mass is 381 g/mol. The van der Waals surface area contributed by atoms with Crippen molar-refractivity contribution in [1.82, 2.24) is 0 Å². The zero-order valence-electron chi connectivity index (χ0n) is 18.0. The van der Waals surface area contributed by atoms with Crippen molar-refractivity contribution in [1.29, 1.82) is 0 Å². The molecule has 1 heteroatoms. The van der Waals surface area contributed by atoms with Crippen molar-refractivity contribution in [2.75, 3.05) is 0 Å². The summed E-state index contributed by atoms with van der Waals surface area (Å²) in [6, 6.07) is 19.6. The van der Waals surface area contributed by atoms with E-state index in [4.69, 9.17) is 5.73 Å². The molecule has 0 heterocycles. The van der Waals surface area contributed by atoms with E-state index in [1.54, 1.807) is 0 Å². The van der Waals surface area contributed by atoms with Gasteiger partial charge >= 0.3 is 0 Å². The van der Waals surface area contributed by atoms with Gasteiger partial charge in [0.25, 0.3) is 0 Å². The van der Waals surface area contributed by atoms with Crippen LogP contribution in [-0.4, -0.2) is 0 Å². The summed E-state index contributed by atoms with van der Waals surface area (Å²) in [6.45, 7) is 9.03. The van der Waals surface area contributed by atoms with Crippen LogP contribution in [-0.2, 0) is 0 Å². The van der Waals surface area contributed by atoms with E-state index in [9.17, 15) is 0 Å². The summed E-state index contributed by atoms with van der Waals surface area (Å²) in [5.41, 5.74) is 16.8. The van der Waals surface area contributed by atoms with Crippen LogP contribution in [0.5, 0.6) is 0 Å². The van der Waals surface area contributed by atoms with Gasteiger partial charge in [0.15, 0.2) is 0 Å². The number of nitrogens with two attached hydrogens (primary N) is 1. The van der Waals surface area contributed by atoms with E-state index >= 15 is 0 Å². The Kier molecular flexibility index (Phi) is 5.08. The summed E-state index contributed by atoms with van der Waals surface area (Å²) in [6.07, 6.45) is 9.19. The molecule has 0 saturated carbocycles. The molecule has 0 bridgehead atoms. The maximum absolute atomic E-state index is 6.62. The molecule has 2 N–H and O–H groups in total. The molecule has 0 aliphatic heterocycles. The molecule has 29 heavy (non-hydrogen) atoms. The van der Waals surface area contributed by atoms with Crippen molar-refractivity contribution >= 4 is 11.6 Å². The minimum atomic E-state index is -0.174. The maximum atomic E-state index is 6.62. The smallest absolute Gasteiger partial charge is 0.0342 e. The third-order valence-electron chi connectivity index (χ3n) is 6.90. The van der Waals surface area contributed by atoms with Crippen LogP contribution >= 0.6 is 0 Å². The topological polar surface area (TPSA) is 26.0 Å². The van der Waals surface area contributed by atoms with Gasteiger partial charge in [-0.3, -0.25) is 0 Å². The Labute approximate surface area is 175 Å². The Bertz CT molecular complexity index is 1050. The molecular formula is C28H31N. The highest BCUT2D eigenvalue weighted by molar-refractivity contribution is 5.77. The molecule has 2 aliphatic rings. The molecule has 2 aliphatic carbocycles. The lowest BCUT2D eigenvalue weighted by atomic mass is 9.60. The number of fused-ring (bicyclic) bond motifs is 1. The van der Waals surface area contributed by atoms with E-state index in [0.717, 1.165) is 18.5 Å². The minimum Gasteiger partial charge on any atom is -0.399 e. The highest BCUT2D eigenvalue weighted by Gasteiger charge is 2.44. The average Bonchev–Trinajstić information content (AvgIpc) is 3.19. The largest absolute Gasteiger partial charge is 0.399 e. The average molecular weight is 382 g/mol. The summed E-state index contributed by atoms with van der Waals surface area (Å²) in [5.74, 6) is 0.284. The van der Waals surface area contributed by atoms with Gasteiger partial charge in [0.1, 0.15) is 0 Å². The second kappa shape index (κ2) is 7.55. The fourth-order valence-corrected chi connectivity index (χ4v) is 5.10. The van der Waals surface area contributed by atoms with Crippen LogP contribution in [0.25, 0.3) is 11.6 Å². The molecule has 2 aromatic rings. The molecule has 2 aromatic carbocycles. The van der Waals surface area contributed by atoms with Crippen molar-refractivity contribution in [2.24, 2.45) is 11.1 Å². The van der Waals surface area contributed by atoms with Crippen molar-refractivity contribution < 1.29 is 0 Å². The van der Waals surface area contributed by atoms with E-state index in [1.807, 2.05) is 0 Å². The Morgan fingerprint density at radius 1 is 1.00 bits per heavy atom. The van der Waals surface area contributed by atoms with Gasteiger partial charge in [0, 0.05) is 17.0 Å². The molecule has 0 aromatic heterocycles. The second-order valence-electron chi connectivity index (χ2n) is 8.54. The molecule has 0 spiro atoms. The van der Waals surface area contributed by atoms with Crippen LogP contribution in [0.15, 0.2) is 89.2 Å². The third-order valence-corrected chi connectivity index (χ3v) is 6.90. The summed E-state index contributed by atoms with van der Waals surface area (Å²) in [4.78, 5) is 0. The first-order valence-electron chi connectivity index (χ1n) is 10.7. The summed E-state index contributed by atoms with van der Waals surface area (Å²) in [5, 5.41) is 0. The van der Waals surface area contributed by atoms with Crippen LogP contribution in [0.4, 0.5) is 0 Å². The molecular weight excluding hydrogens is 350 g/mol. The van der Waals surface area contributed by atoms with Gasteiger partial charge in [-0.15, -0.1) is 0 Å². The fraction of sp³-hybridized carbons (Fsp3) is 0.286. The van der Waals surface area contributed by atoms with Crippen LogP contribution in [0, 0.1) is 5.41 Å². The first-order chi connectivity index (χ1) is 14.0. The van der Waals surface area contributed by atoms with Crippen molar-refractivity contribution in [3.05, 3.63) is 106 Å². The quantitative estimate of drug-likeness (QED) is 0.593. The lowest BCUT2D eigenvalue weighted by Crippen LogP contribution is -2.33. The fourth-order valence-electron chi connectivity index (χ4n) is 5.10. The van der Waals surface area contributed by atoms with E-state index in [2.05, 4.69) is 101 Å². The summed E-state index contributed by atoms with van der Waals surface area (Å²) in [7, 11) is 0. The molecule has 0 amide bonds. The van der Waals surface area contributed by atoms with Gasteiger partial charge in [-0.1, -0.05) is 93.1 Å². The maximum Gasteiger partial charge on any atom is 0.0342 e. The number of allylic oxidation sites excluding steroid dienone is 6. The van der Waals surface area contributed by atoms with Crippen molar-refractivity contribution in [2.45, 2.75) is 46.5 Å². The van der Waals surface area contributed by atoms with E-state index in [1.165, 1.54) is 39.0 Å². The number of benzene rings is 2. The molecule has 4 rings (SSSR count). The number of rotatable bonds is 4. The van der Waals surface area contributed by atoms with Gasteiger partial charge in [-0.05, 0) is 59.3 Å². The minimum absolute atomic E-state index is 0.174. The van der Waals surface area contributed by atoms with E-state index < -0.39 is 0 Å².